The minimum atomic E-state index is -0.445. The monoisotopic (exact) mass is 255 g/mol. The SMILES string of the molecule is Cc1cc(C(N)=O)ccc1NCc1ccc(C#N)o1. The van der Waals surface area contributed by atoms with Gasteiger partial charge in [-0.1, -0.05) is 0 Å². The van der Waals surface area contributed by atoms with Crippen molar-refractivity contribution < 1.29 is 9.21 Å². The van der Waals surface area contributed by atoms with E-state index in [1.807, 2.05) is 13.0 Å². The summed E-state index contributed by atoms with van der Waals surface area (Å²) in [6, 6.07) is 10.5. The highest BCUT2D eigenvalue weighted by molar-refractivity contribution is 5.93. The maximum atomic E-state index is 11.0. The zero-order valence-electron chi connectivity index (χ0n) is 10.4. The number of hydrogen-bond donors (Lipinski definition) is 2. The predicted molar refractivity (Wildman–Crippen MR) is 70.4 cm³/mol. The minimum absolute atomic E-state index is 0.289. The van der Waals surface area contributed by atoms with Crippen LogP contribution in [0.1, 0.15) is 27.4 Å². The molecule has 0 aliphatic carbocycles. The highest BCUT2D eigenvalue weighted by Gasteiger charge is 2.05. The van der Waals surface area contributed by atoms with Gasteiger partial charge in [-0.3, -0.25) is 4.79 Å². The van der Waals surface area contributed by atoms with Gasteiger partial charge in [0.1, 0.15) is 11.8 Å². The summed E-state index contributed by atoms with van der Waals surface area (Å²) in [5.74, 6) is 0.520. The van der Waals surface area contributed by atoms with Crippen LogP contribution in [0, 0.1) is 18.3 Å². The quantitative estimate of drug-likeness (QED) is 0.875. The van der Waals surface area contributed by atoms with Crippen LogP contribution in [0.5, 0.6) is 0 Å². The molecule has 1 aromatic heterocycles. The van der Waals surface area contributed by atoms with E-state index in [-0.39, 0.29) is 5.76 Å². The van der Waals surface area contributed by atoms with Crippen molar-refractivity contribution in [2.45, 2.75) is 13.5 Å². The van der Waals surface area contributed by atoms with Gasteiger partial charge >= 0.3 is 0 Å². The number of nitrogens with one attached hydrogen (secondary N) is 1. The third-order valence-electron chi connectivity index (χ3n) is 2.74. The van der Waals surface area contributed by atoms with Crippen LogP contribution >= 0.6 is 0 Å². The molecular weight excluding hydrogens is 242 g/mol. The van der Waals surface area contributed by atoms with Crippen molar-refractivity contribution >= 4 is 11.6 Å². The van der Waals surface area contributed by atoms with Crippen molar-refractivity contribution in [2.24, 2.45) is 5.73 Å². The Bertz CT molecular complexity index is 653. The summed E-state index contributed by atoms with van der Waals surface area (Å²) in [6.45, 7) is 2.36. The summed E-state index contributed by atoms with van der Waals surface area (Å²) in [7, 11) is 0. The minimum Gasteiger partial charge on any atom is -0.449 e. The van der Waals surface area contributed by atoms with Crippen molar-refractivity contribution in [3.05, 3.63) is 53.0 Å². The lowest BCUT2D eigenvalue weighted by atomic mass is 10.1. The maximum Gasteiger partial charge on any atom is 0.248 e. The van der Waals surface area contributed by atoms with Gasteiger partial charge in [-0.05, 0) is 42.8 Å². The topological polar surface area (TPSA) is 92.0 Å². The van der Waals surface area contributed by atoms with Crippen molar-refractivity contribution in [3.8, 4) is 6.07 Å². The van der Waals surface area contributed by atoms with Gasteiger partial charge in [0.05, 0.1) is 6.54 Å². The summed E-state index contributed by atoms with van der Waals surface area (Å²) >= 11 is 0. The molecule has 0 fully saturated rings. The van der Waals surface area contributed by atoms with Crippen molar-refractivity contribution in [2.75, 3.05) is 5.32 Å². The first-order valence-corrected chi connectivity index (χ1v) is 5.73. The molecule has 2 rings (SSSR count). The Labute approximate surface area is 110 Å². The summed E-state index contributed by atoms with van der Waals surface area (Å²) in [5, 5.41) is 11.8. The van der Waals surface area contributed by atoms with Gasteiger partial charge < -0.3 is 15.5 Å². The molecule has 0 aliphatic rings. The van der Waals surface area contributed by atoms with Crippen LogP contribution in [0.3, 0.4) is 0 Å². The molecule has 0 radical (unpaired) electrons. The molecule has 1 amide bonds. The molecule has 0 spiro atoms. The van der Waals surface area contributed by atoms with Crippen LogP contribution < -0.4 is 11.1 Å². The molecule has 3 N–H and O–H groups in total. The number of nitriles is 1. The average molecular weight is 255 g/mol. The molecule has 0 aliphatic heterocycles. The van der Waals surface area contributed by atoms with Crippen LogP contribution in [-0.2, 0) is 6.54 Å². The van der Waals surface area contributed by atoms with Crippen LogP contribution in [0.4, 0.5) is 5.69 Å². The van der Waals surface area contributed by atoms with Crippen LogP contribution in [0.15, 0.2) is 34.7 Å². The lowest BCUT2D eigenvalue weighted by molar-refractivity contribution is 0.1000. The Morgan fingerprint density at radius 1 is 1.42 bits per heavy atom. The molecule has 0 atom stereocenters. The van der Waals surface area contributed by atoms with Gasteiger partial charge in [0.2, 0.25) is 11.7 Å². The Morgan fingerprint density at radius 2 is 2.21 bits per heavy atom. The van der Waals surface area contributed by atoms with Crippen LogP contribution in [-0.4, -0.2) is 5.91 Å². The fourth-order valence-electron chi connectivity index (χ4n) is 1.73. The lowest BCUT2D eigenvalue weighted by Gasteiger charge is -2.09. The number of carbonyl (C=O) groups excluding carboxylic acids is 1. The van der Waals surface area contributed by atoms with E-state index < -0.39 is 5.91 Å². The third-order valence-corrected chi connectivity index (χ3v) is 2.74. The largest absolute Gasteiger partial charge is 0.449 e. The third kappa shape index (κ3) is 2.93. The van der Waals surface area contributed by atoms with Gasteiger partial charge in [-0.2, -0.15) is 5.26 Å². The molecule has 1 aromatic carbocycles. The van der Waals surface area contributed by atoms with Crippen molar-refractivity contribution in [3.63, 3.8) is 0 Å². The van der Waals surface area contributed by atoms with E-state index in [0.717, 1.165) is 11.3 Å². The number of nitrogens with two attached hydrogens (primary N) is 1. The molecule has 19 heavy (non-hydrogen) atoms. The van der Waals surface area contributed by atoms with E-state index in [9.17, 15) is 4.79 Å². The van der Waals surface area contributed by atoms with Crippen LogP contribution in [0.25, 0.3) is 0 Å². The number of benzene rings is 1. The summed E-state index contributed by atoms with van der Waals surface area (Å²) in [6.07, 6.45) is 0. The Kier molecular flexibility index (Phi) is 3.53. The summed E-state index contributed by atoms with van der Waals surface area (Å²) in [5.41, 5.74) is 7.50. The molecule has 96 valence electrons. The van der Waals surface area contributed by atoms with Gasteiger partial charge in [0.15, 0.2) is 0 Å². The number of primary amides is 1. The number of aryl methyl sites for hydroxylation is 1. The number of hydrogen-bond acceptors (Lipinski definition) is 4. The molecule has 2 aromatic rings. The van der Waals surface area contributed by atoms with E-state index in [1.54, 1.807) is 30.3 Å². The molecule has 0 saturated carbocycles. The zero-order chi connectivity index (χ0) is 13.8. The fraction of sp³-hybridized carbons (Fsp3) is 0.143. The first kappa shape index (κ1) is 12.7. The lowest BCUT2D eigenvalue weighted by Crippen LogP contribution is -2.11. The Hall–Kier alpha value is -2.74. The van der Waals surface area contributed by atoms with Gasteiger partial charge in [-0.15, -0.1) is 0 Å². The smallest absolute Gasteiger partial charge is 0.248 e. The number of carbonyl (C=O) groups is 1. The Morgan fingerprint density at radius 3 is 2.79 bits per heavy atom. The van der Waals surface area contributed by atoms with Crippen molar-refractivity contribution in [1.29, 1.82) is 5.26 Å². The molecule has 1 heterocycles. The highest BCUT2D eigenvalue weighted by atomic mass is 16.3. The molecule has 5 nitrogen and oxygen atoms in total. The normalized spacial score (nSPS) is 9.89. The number of amides is 1. The van der Waals surface area contributed by atoms with E-state index in [0.29, 0.717) is 17.9 Å². The second kappa shape index (κ2) is 5.27. The summed E-state index contributed by atoms with van der Waals surface area (Å²) < 4.78 is 5.26. The van der Waals surface area contributed by atoms with E-state index >= 15 is 0 Å². The van der Waals surface area contributed by atoms with Gasteiger partial charge in [0, 0.05) is 11.3 Å². The second-order valence-electron chi connectivity index (χ2n) is 4.13. The molecular formula is C14H13N3O2. The maximum absolute atomic E-state index is 11.0. The second-order valence-corrected chi connectivity index (χ2v) is 4.13. The first-order valence-electron chi connectivity index (χ1n) is 5.73. The Balaban J connectivity index is 2.07. The van der Waals surface area contributed by atoms with E-state index in [2.05, 4.69) is 5.32 Å². The average Bonchev–Trinajstić information content (AvgIpc) is 2.85. The molecule has 0 saturated heterocycles. The number of nitrogens with zero attached hydrogens (tertiary/aromatic N) is 1. The van der Waals surface area contributed by atoms with E-state index in [1.165, 1.54) is 0 Å². The zero-order valence-corrected chi connectivity index (χ0v) is 10.4. The first-order chi connectivity index (χ1) is 9.10. The number of rotatable bonds is 4. The molecule has 0 unspecified atom stereocenters. The standard InChI is InChI=1S/C14H13N3O2/c1-9-6-10(14(16)18)2-5-13(9)17-8-12-4-3-11(7-15)19-12/h2-6,17H,8H2,1H3,(H2,16,18). The van der Waals surface area contributed by atoms with Gasteiger partial charge in [-0.25, -0.2) is 0 Å². The molecule has 0 bridgehead atoms. The van der Waals surface area contributed by atoms with Crippen LogP contribution in [0.2, 0.25) is 0 Å². The number of furan rings is 1. The van der Waals surface area contributed by atoms with Gasteiger partial charge in [0.25, 0.3) is 0 Å². The van der Waals surface area contributed by atoms with E-state index in [4.69, 9.17) is 15.4 Å². The van der Waals surface area contributed by atoms with Crippen molar-refractivity contribution in [1.82, 2.24) is 0 Å². The molecule has 5 heteroatoms. The summed E-state index contributed by atoms with van der Waals surface area (Å²) in [4.78, 5) is 11.0. The highest BCUT2D eigenvalue weighted by Crippen LogP contribution is 2.18. The number of anilines is 1. The predicted octanol–water partition coefficient (Wildman–Crippen LogP) is 2.17. The fourth-order valence-corrected chi connectivity index (χ4v) is 1.73.